The molecular formula is C28H41N7O3. The van der Waals surface area contributed by atoms with Crippen LogP contribution in [0.2, 0.25) is 0 Å². The Labute approximate surface area is 224 Å². The molecule has 0 amide bonds. The summed E-state index contributed by atoms with van der Waals surface area (Å²) in [5.41, 5.74) is 8.40. The van der Waals surface area contributed by atoms with Crippen molar-refractivity contribution >= 4 is 22.7 Å². The van der Waals surface area contributed by atoms with Gasteiger partial charge in [0.05, 0.1) is 19.2 Å². The maximum absolute atomic E-state index is 13.6. The van der Waals surface area contributed by atoms with Crippen LogP contribution in [0.15, 0.2) is 35.3 Å². The van der Waals surface area contributed by atoms with Crippen molar-refractivity contribution in [3.63, 3.8) is 0 Å². The van der Waals surface area contributed by atoms with Gasteiger partial charge in [-0.15, -0.1) is 0 Å². The van der Waals surface area contributed by atoms with Gasteiger partial charge in [-0.3, -0.25) is 9.69 Å². The Hall–Kier alpha value is -3.21. The van der Waals surface area contributed by atoms with Crippen LogP contribution in [0.4, 0.5) is 11.8 Å². The largest absolute Gasteiger partial charge is 0.496 e. The van der Waals surface area contributed by atoms with E-state index in [9.17, 15) is 4.79 Å². The number of pyridine rings is 1. The quantitative estimate of drug-likeness (QED) is 0.329. The summed E-state index contributed by atoms with van der Waals surface area (Å²) in [7, 11) is 1.67. The lowest BCUT2D eigenvalue weighted by atomic mass is 10.1. The Balaban J connectivity index is 1.52. The molecule has 1 aromatic carbocycles. The van der Waals surface area contributed by atoms with Gasteiger partial charge in [-0.1, -0.05) is 25.5 Å². The van der Waals surface area contributed by atoms with Crippen LogP contribution in [0.1, 0.15) is 44.2 Å². The third-order valence-corrected chi connectivity index (χ3v) is 7.14. The average molecular weight is 524 g/mol. The van der Waals surface area contributed by atoms with Crippen LogP contribution in [0, 0.1) is 0 Å². The van der Waals surface area contributed by atoms with Gasteiger partial charge in [-0.05, 0) is 37.5 Å². The first-order chi connectivity index (χ1) is 18.4. The number of hydrogen-bond donors (Lipinski definition) is 3. The molecule has 10 nitrogen and oxygen atoms in total. The number of nitrogens with one attached hydrogen (secondary N) is 1. The van der Waals surface area contributed by atoms with Crippen molar-refractivity contribution in [1.82, 2.24) is 24.3 Å². The van der Waals surface area contributed by atoms with Crippen molar-refractivity contribution in [1.29, 1.82) is 0 Å². The van der Waals surface area contributed by atoms with E-state index in [-0.39, 0.29) is 24.2 Å². The number of nitrogens with two attached hydrogens (primary N) is 1. The molecule has 0 aliphatic carbocycles. The minimum atomic E-state index is -0.168. The lowest BCUT2D eigenvalue weighted by Gasteiger charge is -2.34. The van der Waals surface area contributed by atoms with Gasteiger partial charge in [0.25, 0.3) is 5.56 Å². The molecule has 3 aromatic rings. The smallest absolute Gasteiger partial charge is 0.264 e. The molecule has 1 aliphatic heterocycles. The van der Waals surface area contributed by atoms with Crippen molar-refractivity contribution < 1.29 is 9.84 Å². The minimum Gasteiger partial charge on any atom is -0.496 e. The summed E-state index contributed by atoms with van der Waals surface area (Å²) in [6, 6.07) is 8.20. The third kappa shape index (κ3) is 6.80. The Morgan fingerprint density at radius 1 is 1.13 bits per heavy atom. The van der Waals surface area contributed by atoms with Gasteiger partial charge in [-0.2, -0.15) is 4.98 Å². The van der Waals surface area contributed by atoms with Crippen LogP contribution in [-0.4, -0.2) is 81.9 Å². The van der Waals surface area contributed by atoms with E-state index in [0.29, 0.717) is 23.3 Å². The second-order valence-electron chi connectivity index (χ2n) is 10.1. The summed E-state index contributed by atoms with van der Waals surface area (Å²) in [5, 5.41) is 12.9. The van der Waals surface area contributed by atoms with Gasteiger partial charge in [0.15, 0.2) is 0 Å². The molecule has 1 atom stereocenters. The second-order valence-corrected chi connectivity index (χ2v) is 10.1. The number of anilines is 2. The molecule has 2 aromatic heterocycles. The number of nitrogen functional groups attached to an aromatic ring is 1. The maximum atomic E-state index is 13.6. The number of ether oxygens (including phenoxy) is 1. The number of fused-ring (bicyclic) bond motifs is 1. The fourth-order valence-electron chi connectivity index (χ4n) is 5.09. The normalized spacial score (nSPS) is 15.6. The number of piperazine rings is 1. The van der Waals surface area contributed by atoms with E-state index in [4.69, 9.17) is 15.6 Å². The molecule has 1 fully saturated rings. The van der Waals surface area contributed by atoms with Crippen LogP contribution in [0.5, 0.6) is 5.75 Å². The molecular weight excluding hydrogens is 482 g/mol. The Morgan fingerprint density at radius 3 is 2.61 bits per heavy atom. The van der Waals surface area contributed by atoms with E-state index in [1.54, 1.807) is 17.9 Å². The predicted molar refractivity (Wildman–Crippen MR) is 152 cm³/mol. The van der Waals surface area contributed by atoms with Crippen LogP contribution in [-0.2, 0) is 13.1 Å². The molecule has 1 aliphatic rings. The van der Waals surface area contributed by atoms with Gasteiger partial charge in [0, 0.05) is 63.7 Å². The van der Waals surface area contributed by atoms with E-state index < -0.39 is 0 Å². The van der Waals surface area contributed by atoms with Gasteiger partial charge >= 0.3 is 0 Å². The first-order valence-corrected chi connectivity index (χ1v) is 13.6. The number of aliphatic hydroxyl groups excluding tert-OH is 1. The van der Waals surface area contributed by atoms with Crippen molar-refractivity contribution in [2.24, 2.45) is 0 Å². The summed E-state index contributed by atoms with van der Waals surface area (Å²) < 4.78 is 7.40. The topological polar surface area (TPSA) is 122 Å². The minimum absolute atomic E-state index is 0.143. The fourth-order valence-corrected chi connectivity index (χ4v) is 5.09. The summed E-state index contributed by atoms with van der Waals surface area (Å²) in [4.78, 5) is 27.0. The maximum Gasteiger partial charge on any atom is 0.264 e. The molecule has 1 unspecified atom stereocenters. The zero-order valence-electron chi connectivity index (χ0n) is 22.8. The Bertz CT molecular complexity index is 1270. The summed E-state index contributed by atoms with van der Waals surface area (Å²) in [6.45, 7) is 10.7. The lowest BCUT2D eigenvalue weighted by Crippen LogP contribution is -2.46. The van der Waals surface area contributed by atoms with Crippen LogP contribution in [0.25, 0.3) is 10.9 Å². The summed E-state index contributed by atoms with van der Waals surface area (Å²) >= 11 is 0. The molecule has 10 heteroatoms. The van der Waals surface area contributed by atoms with Gasteiger partial charge in [0.1, 0.15) is 17.0 Å². The van der Waals surface area contributed by atoms with E-state index in [1.807, 2.05) is 12.1 Å². The molecule has 1 saturated heterocycles. The van der Waals surface area contributed by atoms with E-state index in [0.717, 1.165) is 69.8 Å². The van der Waals surface area contributed by atoms with E-state index in [2.05, 4.69) is 51.1 Å². The highest BCUT2D eigenvalue weighted by molar-refractivity contribution is 5.89. The highest BCUT2D eigenvalue weighted by atomic mass is 16.5. The highest BCUT2D eigenvalue weighted by Gasteiger charge is 2.18. The molecule has 38 heavy (non-hydrogen) atoms. The Morgan fingerprint density at radius 2 is 1.89 bits per heavy atom. The predicted octanol–water partition coefficient (Wildman–Crippen LogP) is 2.53. The zero-order valence-corrected chi connectivity index (χ0v) is 22.8. The number of benzene rings is 1. The first-order valence-electron chi connectivity index (χ1n) is 13.6. The van der Waals surface area contributed by atoms with Crippen molar-refractivity contribution in [3.05, 3.63) is 51.9 Å². The molecule has 4 N–H and O–H groups in total. The molecule has 206 valence electrons. The molecule has 4 rings (SSSR count). The third-order valence-electron chi connectivity index (χ3n) is 7.14. The number of methoxy groups -OCH3 is 1. The highest BCUT2D eigenvalue weighted by Crippen LogP contribution is 2.24. The average Bonchev–Trinajstić information content (AvgIpc) is 2.90. The van der Waals surface area contributed by atoms with Crippen LogP contribution in [0.3, 0.4) is 0 Å². The molecule has 0 spiro atoms. The van der Waals surface area contributed by atoms with Gasteiger partial charge in [0.2, 0.25) is 5.95 Å². The number of aromatic nitrogens is 3. The fraction of sp³-hybridized carbons (Fsp3) is 0.536. The standard InChI is InChI=1S/C28H41N7O3/c1-4-6-20(2)30-26-25-23(31-28(29)32-26)9-11-35(27(25)37)19-22-8-7-21(17-24(22)38-3)18-34-14-12-33(13-15-34)10-5-16-36/h7-9,11,17,20,36H,4-6,10,12-16,18-19H2,1-3H3,(H3,29,30,31,32). The summed E-state index contributed by atoms with van der Waals surface area (Å²) in [6.07, 6.45) is 4.55. The Kier molecular flexibility index (Phi) is 9.54. The number of hydrogen-bond acceptors (Lipinski definition) is 9. The monoisotopic (exact) mass is 523 g/mol. The molecule has 0 saturated carbocycles. The van der Waals surface area contributed by atoms with Crippen molar-refractivity contribution in [3.8, 4) is 5.75 Å². The number of aliphatic hydroxyl groups is 1. The molecule has 0 bridgehead atoms. The van der Waals surface area contributed by atoms with Crippen LogP contribution >= 0.6 is 0 Å². The van der Waals surface area contributed by atoms with Crippen molar-refractivity contribution in [2.45, 2.75) is 52.2 Å². The van der Waals surface area contributed by atoms with E-state index >= 15 is 0 Å². The van der Waals surface area contributed by atoms with Gasteiger partial charge in [-0.25, -0.2) is 4.98 Å². The zero-order chi connectivity index (χ0) is 27.1. The van der Waals surface area contributed by atoms with Gasteiger partial charge < -0.3 is 30.4 Å². The second kappa shape index (κ2) is 13.0. The lowest BCUT2D eigenvalue weighted by molar-refractivity contribution is 0.120. The summed E-state index contributed by atoms with van der Waals surface area (Å²) in [5.74, 6) is 1.39. The van der Waals surface area contributed by atoms with E-state index in [1.165, 1.54) is 5.56 Å². The number of rotatable bonds is 12. The molecule has 3 heterocycles. The van der Waals surface area contributed by atoms with Crippen molar-refractivity contribution in [2.75, 3.05) is 57.5 Å². The SMILES string of the molecule is CCCC(C)Nc1nc(N)nc2ccn(Cc3ccc(CN4CCN(CCCO)CC4)cc3OC)c(=O)c12. The number of nitrogens with zero attached hydrogens (tertiary/aromatic N) is 5. The van der Waals surface area contributed by atoms with Crippen LogP contribution < -0.4 is 21.3 Å². The first kappa shape index (κ1) is 27.8. The molecule has 0 radical (unpaired) electrons.